The molecule has 0 bridgehead atoms. The molecule has 0 unspecified atom stereocenters. The number of nitrogens with one attached hydrogen (secondary N) is 2. The highest BCUT2D eigenvalue weighted by Gasteiger charge is 2.22. The van der Waals surface area contributed by atoms with E-state index in [4.69, 9.17) is 4.74 Å². The smallest absolute Gasteiger partial charge is 0.337 e. The number of hydrogen-bond acceptors (Lipinski definition) is 9. The molecule has 0 aliphatic heterocycles. The molecule has 34 heavy (non-hydrogen) atoms. The molecule has 0 amide bonds. The molecule has 0 radical (unpaired) electrons. The van der Waals surface area contributed by atoms with E-state index in [0.717, 1.165) is 12.1 Å². The Morgan fingerprint density at radius 1 is 1.03 bits per heavy atom. The first-order chi connectivity index (χ1) is 16.2. The van der Waals surface area contributed by atoms with Gasteiger partial charge in [0.1, 0.15) is 10.6 Å². The number of sulfonamides is 1. The van der Waals surface area contributed by atoms with Crippen LogP contribution in [-0.4, -0.2) is 39.7 Å². The molecule has 0 spiro atoms. The molecule has 0 atom stereocenters. The number of anilines is 2. The molecule has 3 aromatic carbocycles. The number of carbonyl (C=O) groups excluding carboxylic acids is 1. The van der Waals surface area contributed by atoms with Gasteiger partial charge in [-0.1, -0.05) is 12.1 Å². The molecule has 3 rings (SSSR count). The number of carbonyl (C=O) groups is 1. The number of nitro groups is 1. The van der Waals surface area contributed by atoms with Crippen molar-refractivity contribution < 1.29 is 27.6 Å². The zero-order valence-electron chi connectivity index (χ0n) is 18.1. The molecule has 2 N–H and O–H groups in total. The lowest BCUT2D eigenvalue weighted by Gasteiger charge is -2.12. The van der Waals surface area contributed by atoms with Crippen LogP contribution in [0.3, 0.4) is 0 Å². The molecule has 0 fully saturated rings. The van der Waals surface area contributed by atoms with Crippen LogP contribution in [0.1, 0.15) is 15.9 Å². The number of benzene rings is 3. The summed E-state index contributed by atoms with van der Waals surface area (Å²) in [5, 5.41) is 15.2. The Bertz CT molecular complexity index is 1320. The van der Waals surface area contributed by atoms with Crippen LogP contribution >= 0.6 is 0 Å². The Balaban J connectivity index is 1.86. The first-order valence-corrected chi connectivity index (χ1v) is 11.1. The van der Waals surface area contributed by atoms with E-state index in [9.17, 15) is 23.3 Å². The average molecular weight is 484 g/mol. The number of non-ortho nitro benzene ring substituents is 1. The fourth-order valence-electron chi connectivity index (χ4n) is 2.81. The van der Waals surface area contributed by atoms with E-state index in [2.05, 4.69) is 20.0 Å². The van der Waals surface area contributed by atoms with Crippen molar-refractivity contribution in [3.8, 4) is 5.75 Å². The zero-order chi connectivity index (χ0) is 24.7. The molecular formula is C22H20N4O7S. The van der Waals surface area contributed by atoms with Gasteiger partial charge in [0.2, 0.25) is 0 Å². The van der Waals surface area contributed by atoms with Crippen LogP contribution in [0.15, 0.2) is 76.7 Å². The molecule has 11 nitrogen and oxygen atoms in total. The van der Waals surface area contributed by atoms with E-state index in [1.165, 1.54) is 38.6 Å². The van der Waals surface area contributed by atoms with E-state index in [0.29, 0.717) is 16.9 Å². The molecule has 176 valence electrons. The van der Waals surface area contributed by atoms with Crippen molar-refractivity contribution in [1.82, 2.24) is 0 Å². The van der Waals surface area contributed by atoms with E-state index >= 15 is 0 Å². The standard InChI is InChI=1S/C22H20N4O7S/c1-32-19-10-7-17(8-11-19)25-34(30,31)21-13-18(26(28)29)9-12-20(21)24-23-14-15-3-5-16(6-4-15)22(27)33-2/h3-14,24-25H,1-2H3. The predicted octanol–water partition coefficient (Wildman–Crippen LogP) is 3.64. The third-order valence-electron chi connectivity index (χ3n) is 4.54. The fourth-order valence-corrected chi connectivity index (χ4v) is 4.04. The Morgan fingerprint density at radius 2 is 1.71 bits per heavy atom. The van der Waals surface area contributed by atoms with Gasteiger partial charge in [0.15, 0.2) is 0 Å². The maximum atomic E-state index is 13.0. The Hall–Kier alpha value is -4.45. The summed E-state index contributed by atoms with van der Waals surface area (Å²) in [6.07, 6.45) is 1.40. The summed E-state index contributed by atoms with van der Waals surface area (Å²) in [5.74, 6) is 0.0568. The van der Waals surface area contributed by atoms with E-state index in [1.807, 2.05) is 0 Å². The largest absolute Gasteiger partial charge is 0.497 e. The predicted molar refractivity (Wildman–Crippen MR) is 126 cm³/mol. The lowest BCUT2D eigenvalue weighted by molar-refractivity contribution is -0.385. The molecule has 12 heteroatoms. The van der Waals surface area contributed by atoms with Gasteiger partial charge in [-0.15, -0.1) is 0 Å². The number of nitro benzene ring substituents is 1. The van der Waals surface area contributed by atoms with Crippen LogP contribution in [0.4, 0.5) is 17.1 Å². The van der Waals surface area contributed by atoms with Crippen molar-refractivity contribution in [2.45, 2.75) is 4.90 Å². The minimum absolute atomic E-state index is 0.0223. The van der Waals surface area contributed by atoms with Gasteiger partial charge in [0, 0.05) is 17.8 Å². The Kier molecular flexibility index (Phi) is 7.43. The van der Waals surface area contributed by atoms with Gasteiger partial charge in [0.05, 0.1) is 36.6 Å². The highest BCUT2D eigenvalue weighted by molar-refractivity contribution is 7.92. The van der Waals surface area contributed by atoms with Gasteiger partial charge < -0.3 is 9.47 Å². The topological polar surface area (TPSA) is 149 Å². The first kappa shape index (κ1) is 24.2. The molecule has 0 aromatic heterocycles. The van der Waals surface area contributed by atoms with Crippen LogP contribution in [0.5, 0.6) is 5.75 Å². The summed E-state index contributed by atoms with van der Waals surface area (Å²) in [5.41, 5.74) is 3.44. The summed E-state index contributed by atoms with van der Waals surface area (Å²) in [7, 11) is -1.46. The summed E-state index contributed by atoms with van der Waals surface area (Å²) in [4.78, 5) is 21.7. The van der Waals surface area contributed by atoms with Gasteiger partial charge >= 0.3 is 5.97 Å². The minimum atomic E-state index is -4.22. The van der Waals surface area contributed by atoms with Crippen LogP contribution in [0.2, 0.25) is 0 Å². The highest BCUT2D eigenvalue weighted by Crippen LogP contribution is 2.28. The molecule has 0 heterocycles. The van der Waals surface area contributed by atoms with Crippen LogP contribution in [0, 0.1) is 10.1 Å². The third kappa shape index (κ3) is 5.86. The number of rotatable bonds is 9. The van der Waals surface area contributed by atoms with Crippen molar-refractivity contribution in [2.24, 2.45) is 5.10 Å². The molecule has 3 aromatic rings. The number of hydrogen-bond donors (Lipinski definition) is 2. The lowest BCUT2D eigenvalue weighted by atomic mass is 10.1. The van der Waals surface area contributed by atoms with Gasteiger partial charge in [-0.05, 0) is 48.0 Å². The average Bonchev–Trinajstić information content (AvgIpc) is 2.84. The molecule has 0 saturated carbocycles. The van der Waals surface area contributed by atoms with Crippen LogP contribution < -0.4 is 14.9 Å². The van der Waals surface area contributed by atoms with Gasteiger partial charge in [-0.3, -0.25) is 20.3 Å². The van der Waals surface area contributed by atoms with E-state index in [1.54, 1.807) is 36.4 Å². The van der Waals surface area contributed by atoms with Crippen LogP contribution in [0.25, 0.3) is 0 Å². The number of methoxy groups -OCH3 is 2. The maximum absolute atomic E-state index is 13.0. The van der Waals surface area contributed by atoms with Crippen LogP contribution in [-0.2, 0) is 14.8 Å². The van der Waals surface area contributed by atoms with Gasteiger partial charge in [-0.25, -0.2) is 13.2 Å². The SMILES string of the molecule is COC(=O)c1ccc(C=NNc2ccc([N+](=O)[O-])cc2S(=O)(=O)Nc2ccc(OC)cc2)cc1. The highest BCUT2D eigenvalue weighted by atomic mass is 32.2. The second kappa shape index (κ2) is 10.4. The summed E-state index contributed by atoms with van der Waals surface area (Å²) < 4.78 is 38.1. The first-order valence-electron chi connectivity index (χ1n) is 9.66. The molecule has 0 aliphatic rings. The van der Waals surface area contributed by atoms with Crippen molar-refractivity contribution >= 4 is 39.3 Å². The molecular weight excluding hydrogens is 464 g/mol. The minimum Gasteiger partial charge on any atom is -0.497 e. The van der Waals surface area contributed by atoms with Gasteiger partial charge in [-0.2, -0.15) is 5.10 Å². The Morgan fingerprint density at radius 3 is 2.29 bits per heavy atom. The number of esters is 1. The number of ether oxygens (including phenoxy) is 2. The molecule has 0 aliphatic carbocycles. The number of hydrazone groups is 1. The summed E-state index contributed by atoms with van der Waals surface area (Å²) >= 11 is 0. The van der Waals surface area contributed by atoms with Crippen molar-refractivity contribution in [3.05, 3.63) is 88.0 Å². The van der Waals surface area contributed by atoms with Crippen molar-refractivity contribution in [2.75, 3.05) is 24.4 Å². The quantitative estimate of drug-likeness (QED) is 0.202. The summed E-state index contributed by atoms with van der Waals surface area (Å²) in [6, 6.07) is 15.8. The number of nitrogens with zero attached hydrogens (tertiary/aromatic N) is 2. The Labute approximate surface area is 195 Å². The fraction of sp³-hybridized carbons (Fsp3) is 0.0909. The van der Waals surface area contributed by atoms with Gasteiger partial charge in [0.25, 0.3) is 15.7 Å². The lowest BCUT2D eigenvalue weighted by Crippen LogP contribution is -2.15. The summed E-state index contributed by atoms with van der Waals surface area (Å²) in [6.45, 7) is 0. The van der Waals surface area contributed by atoms with Crippen molar-refractivity contribution in [3.63, 3.8) is 0 Å². The third-order valence-corrected chi connectivity index (χ3v) is 5.96. The second-order valence-electron chi connectivity index (χ2n) is 6.76. The van der Waals surface area contributed by atoms with Crippen molar-refractivity contribution in [1.29, 1.82) is 0 Å². The molecule has 0 saturated heterocycles. The normalized spacial score (nSPS) is 11.1. The van der Waals surface area contributed by atoms with E-state index in [-0.39, 0.29) is 16.3 Å². The zero-order valence-corrected chi connectivity index (χ0v) is 18.9. The maximum Gasteiger partial charge on any atom is 0.337 e. The van der Waals surface area contributed by atoms with E-state index < -0.39 is 26.6 Å². The monoisotopic (exact) mass is 484 g/mol. The second-order valence-corrected chi connectivity index (χ2v) is 8.41.